The SMILES string of the molecule is CCC(C)NC(=O)c1cc(NS(=O)(=O)c2ccc(CC(C)C)cc2)ccc1N1CCNCC1. The maximum atomic E-state index is 13.1. The van der Waals surface area contributed by atoms with Crippen LogP contribution in [0.3, 0.4) is 0 Å². The zero-order chi connectivity index (χ0) is 24.0. The van der Waals surface area contributed by atoms with E-state index in [1.54, 1.807) is 24.3 Å². The third-order valence-electron chi connectivity index (χ3n) is 5.82. The number of benzene rings is 2. The number of amides is 1. The first-order valence-electron chi connectivity index (χ1n) is 11.7. The number of sulfonamides is 1. The summed E-state index contributed by atoms with van der Waals surface area (Å²) in [6, 6.07) is 12.2. The molecule has 0 spiro atoms. The van der Waals surface area contributed by atoms with E-state index in [1.807, 2.05) is 32.0 Å². The lowest BCUT2D eigenvalue weighted by molar-refractivity contribution is 0.0939. The highest BCUT2D eigenvalue weighted by Gasteiger charge is 2.22. The predicted molar refractivity (Wildman–Crippen MR) is 135 cm³/mol. The van der Waals surface area contributed by atoms with Gasteiger partial charge in [0.2, 0.25) is 0 Å². The van der Waals surface area contributed by atoms with Gasteiger partial charge in [0.25, 0.3) is 15.9 Å². The molecule has 2 aromatic carbocycles. The van der Waals surface area contributed by atoms with Crippen molar-refractivity contribution >= 4 is 27.3 Å². The average molecular weight is 473 g/mol. The highest BCUT2D eigenvalue weighted by Crippen LogP contribution is 2.27. The van der Waals surface area contributed by atoms with Crippen LogP contribution in [-0.4, -0.2) is 46.5 Å². The number of nitrogens with one attached hydrogen (secondary N) is 3. The van der Waals surface area contributed by atoms with Crippen molar-refractivity contribution in [1.82, 2.24) is 10.6 Å². The van der Waals surface area contributed by atoms with Gasteiger partial charge in [-0.3, -0.25) is 9.52 Å². The number of carbonyl (C=O) groups excluding carboxylic acids is 1. The van der Waals surface area contributed by atoms with Crippen molar-refractivity contribution in [2.75, 3.05) is 35.8 Å². The molecule has 3 rings (SSSR count). The van der Waals surface area contributed by atoms with Crippen molar-refractivity contribution in [2.24, 2.45) is 5.92 Å². The molecule has 1 amide bonds. The van der Waals surface area contributed by atoms with E-state index in [-0.39, 0.29) is 16.8 Å². The van der Waals surface area contributed by atoms with Crippen molar-refractivity contribution in [3.05, 3.63) is 53.6 Å². The van der Waals surface area contributed by atoms with Gasteiger partial charge in [-0.05, 0) is 61.6 Å². The molecule has 0 bridgehead atoms. The van der Waals surface area contributed by atoms with Crippen LogP contribution in [0.2, 0.25) is 0 Å². The second-order valence-electron chi connectivity index (χ2n) is 9.10. The summed E-state index contributed by atoms with van der Waals surface area (Å²) in [5.41, 5.74) is 2.77. The Morgan fingerprint density at radius 3 is 2.33 bits per heavy atom. The van der Waals surface area contributed by atoms with Gasteiger partial charge >= 0.3 is 0 Å². The Labute approximate surface area is 198 Å². The molecule has 1 unspecified atom stereocenters. The zero-order valence-corrected chi connectivity index (χ0v) is 20.8. The minimum atomic E-state index is -3.77. The molecule has 1 fully saturated rings. The van der Waals surface area contributed by atoms with Gasteiger partial charge in [-0.1, -0.05) is 32.9 Å². The van der Waals surface area contributed by atoms with E-state index < -0.39 is 10.0 Å². The lowest BCUT2D eigenvalue weighted by Crippen LogP contribution is -2.44. The maximum absolute atomic E-state index is 13.1. The molecule has 1 heterocycles. The van der Waals surface area contributed by atoms with Gasteiger partial charge in [0.15, 0.2) is 0 Å². The number of piperazine rings is 1. The van der Waals surface area contributed by atoms with E-state index in [2.05, 4.69) is 34.1 Å². The van der Waals surface area contributed by atoms with E-state index in [0.717, 1.165) is 50.3 Å². The molecule has 1 saturated heterocycles. The van der Waals surface area contributed by atoms with E-state index >= 15 is 0 Å². The van der Waals surface area contributed by atoms with Crippen LogP contribution in [0.1, 0.15) is 50.0 Å². The minimum Gasteiger partial charge on any atom is -0.368 e. The average Bonchev–Trinajstić information content (AvgIpc) is 2.79. The largest absolute Gasteiger partial charge is 0.368 e. The van der Waals surface area contributed by atoms with Gasteiger partial charge in [-0.15, -0.1) is 0 Å². The Balaban J connectivity index is 1.87. The van der Waals surface area contributed by atoms with Crippen LogP contribution in [0.25, 0.3) is 0 Å². The van der Waals surface area contributed by atoms with Crippen molar-refractivity contribution in [3.63, 3.8) is 0 Å². The van der Waals surface area contributed by atoms with Crippen molar-refractivity contribution in [3.8, 4) is 0 Å². The van der Waals surface area contributed by atoms with E-state index in [0.29, 0.717) is 17.2 Å². The third-order valence-corrected chi connectivity index (χ3v) is 7.22. The molecule has 180 valence electrons. The lowest BCUT2D eigenvalue weighted by atomic mass is 10.0. The standard InChI is InChI=1S/C25H36N4O3S/c1-5-19(4)27-25(30)23-17-21(8-11-24(23)29-14-12-26-13-15-29)28-33(31,32)22-9-6-20(7-10-22)16-18(2)3/h6-11,17-19,26,28H,5,12-16H2,1-4H3,(H,27,30). The molecule has 0 radical (unpaired) electrons. The quantitative estimate of drug-likeness (QED) is 0.519. The monoisotopic (exact) mass is 472 g/mol. The molecule has 8 heteroatoms. The summed E-state index contributed by atoms with van der Waals surface area (Å²) in [6.07, 6.45) is 1.71. The summed E-state index contributed by atoms with van der Waals surface area (Å²) >= 11 is 0. The highest BCUT2D eigenvalue weighted by molar-refractivity contribution is 7.92. The number of anilines is 2. The van der Waals surface area contributed by atoms with E-state index in [9.17, 15) is 13.2 Å². The van der Waals surface area contributed by atoms with Gasteiger partial charge in [0.1, 0.15) is 0 Å². The van der Waals surface area contributed by atoms with Crippen LogP contribution >= 0.6 is 0 Å². The molecule has 33 heavy (non-hydrogen) atoms. The summed E-state index contributed by atoms with van der Waals surface area (Å²) in [4.78, 5) is 15.4. The first kappa shape index (κ1) is 25.1. The van der Waals surface area contributed by atoms with Gasteiger partial charge < -0.3 is 15.5 Å². The smallest absolute Gasteiger partial charge is 0.261 e. The molecule has 7 nitrogen and oxygen atoms in total. The number of rotatable bonds is 9. The molecular formula is C25H36N4O3S. The van der Waals surface area contributed by atoms with Gasteiger partial charge in [-0.2, -0.15) is 0 Å². The van der Waals surface area contributed by atoms with Crippen LogP contribution in [0.15, 0.2) is 47.4 Å². The van der Waals surface area contributed by atoms with Crippen molar-refractivity contribution in [2.45, 2.75) is 51.5 Å². The fourth-order valence-electron chi connectivity index (χ4n) is 3.86. The van der Waals surface area contributed by atoms with Crippen LogP contribution < -0.4 is 20.3 Å². The van der Waals surface area contributed by atoms with Crippen LogP contribution in [0.5, 0.6) is 0 Å². The molecule has 0 aliphatic carbocycles. The molecular weight excluding hydrogens is 436 g/mol. The number of carbonyl (C=O) groups is 1. The first-order chi connectivity index (χ1) is 15.7. The minimum absolute atomic E-state index is 0.0260. The van der Waals surface area contributed by atoms with Gasteiger partial charge in [0, 0.05) is 43.6 Å². The Kier molecular flexibility index (Phi) is 8.37. The Morgan fingerprint density at radius 1 is 1.06 bits per heavy atom. The fourth-order valence-corrected chi connectivity index (χ4v) is 4.91. The molecule has 0 saturated carbocycles. The van der Waals surface area contributed by atoms with Gasteiger partial charge in [-0.25, -0.2) is 8.42 Å². The Bertz CT molecular complexity index is 1050. The first-order valence-corrected chi connectivity index (χ1v) is 13.2. The third kappa shape index (κ3) is 6.71. The molecule has 2 aromatic rings. The molecule has 1 aliphatic heterocycles. The number of nitrogens with zero attached hydrogens (tertiary/aromatic N) is 1. The van der Waals surface area contributed by atoms with E-state index in [1.165, 1.54) is 0 Å². The Hall–Kier alpha value is -2.58. The highest BCUT2D eigenvalue weighted by atomic mass is 32.2. The summed E-state index contributed by atoms with van der Waals surface area (Å²) in [5.74, 6) is 0.303. The predicted octanol–water partition coefficient (Wildman–Crippen LogP) is 3.62. The Morgan fingerprint density at radius 2 is 1.73 bits per heavy atom. The zero-order valence-electron chi connectivity index (χ0n) is 20.0. The number of hydrogen-bond acceptors (Lipinski definition) is 5. The molecule has 0 aromatic heterocycles. The van der Waals surface area contributed by atoms with E-state index in [4.69, 9.17) is 0 Å². The second-order valence-corrected chi connectivity index (χ2v) is 10.8. The molecule has 3 N–H and O–H groups in total. The van der Waals surface area contributed by atoms with Crippen LogP contribution in [-0.2, 0) is 16.4 Å². The fraction of sp³-hybridized carbons (Fsp3) is 0.480. The normalized spacial score (nSPS) is 15.4. The lowest BCUT2D eigenvalue weighted by Gasteiger charge is -2.31. The van der Waals surface area contributed by atoms with Gasteiger partial charge in [0.05, 0.1) is 10.5 Å². The summed E-state index contributed by atoms with van der Waals surface area (Å²) < 4.78 is 28.6. The summed E-state index contributed by atoms with van der Waals surface area (Å²) in [6.45, 7) is 11.5. The summed E-state index contributed by atoms with van der Waals surface area (Å²) in [5, 5.41) is 6.33. The second kappa shape index (κ2) is 11.0. The van der Waals surface area contributed by atoms with Crippen LogP contribution in [0.4, 0.5) is 11.4 Å². The maximum Gasteiger partial charge on any atom is 0.261 e. The topological polar surface area (TPSA) is 90.5 Å². The molecule has 1 atom stereocenters. The molecule has 1 aliphatic rings. The van der Waals surface area contributed by atoms with Crippen LogP contribution in [0, 0.1) is 5.92 Å². The van der Waals surface area contributed by atoms with Crippen molar-refractivity contribution < 1.29 is 13.2 Å². The van der Waals surface area contributed by atoms with Crippen molar-refractivity contribution in [1.29, 1.82) is 0 Å². The summed E-state index contributed by atoms with van der Waals surface area (Å²) in [7, 11) is -3.77. The number of hydrogen-bond donors (Lipinski definition) is 3.